The molecule has 108 valence electrons. The predicted octanol–water partition coefficient (Wildman–Crippen LogP) is 0.331. The van der Waals surface area contributed by atoms with Gasteiger partial charge >= 0.3 is 0 Å². The normalized spacial score (nSPS) is 12.2. The minimum Gasteiger partial charge on any atom is -0.380 e. The van der Waals surface area contributed by atoms with Crippen LogP contribution in [0.5, 0.6) is 0 Å². The molecule has 9 heteroatoms. The quantitative estimate of drug-likeness (QED) is 0.747. The zero-order chi connectivity index (χ0) is 14.4. The number of nitrogens with one attached hydrogen (secondary N) is 2. The smallest absolute Gasteiger partial charge is 0.258 e. The molecule has 0 spiro atoms. The first-order chi connectivity index (χ1) is 9.72. The van der Waals surface area contributed by atoms with Gasteiger partial charge in [0.05, 0.1) is 6.10 Å². The molecule has 0 aliphatic heterocycles. The van der Waals surface area contributed by atoms with E-state index in [2.05, 4.69) is 35.7 Å². The second-order valence-corrected chi connectivity index (χ2v) is 4.08. The molecule has 1 atom stereocenters. The third-order valence-corrected chi connectivity index (χ3v) is 2.53. The molecule has 0 aliphatic carbocycles. The Kier molecular flexibility index (Phi) is 4.77. The van der Waals surface area contributed by atoms with Gasteiger partial charge in [0, 0.05) is 20.2 Å². The molecule has 2 N–H and O–H groups in total. The number of hydrogen-bond donors (Lipinski definition) is 2. The highest BCUT2D eigenvalue weighted by Gasteiger charge is 2.09. The van der Waals surface area contributed by atoms with Gasteiger partial charge in [-0.3, -0.25) is 0 Å². The van der Waals surface area contributed by atoms with Gasteiger partial charge in [-0.25, -0.2) is 4.98 Å². The molecule has 20 heavy (non-hydrogen) atoms. The number of hydrogen-bond acceptors (Lipinski definition) is 8. The van der Waals surface area contributed by atoms with Crippen molar-refractivity contribution >= 4 is 11.9 Å². The Morgan fingerprint density at radius 2 is 2.00 bits per heavy atom. The SMILES string of the molecule is CCNc1nc(NCC(C)OC)nc(-n2cncn2)n1. The molecule has 2 heterocycles. The number of methoxy groups -OCH3 is 1. The number of ether oxygens (including phenoxy) is 1. The molecule has 1 unspecified atom stereocenters. The highest BCUT2D eigenvalue weighted by atomic mass is 16.5. The first-order valence-corrected chi connectivity index (χ1v) is 6.34. The zero-order valence-corrected chi connectivity index (χ0v) is 11.7. The minimum absolute atomic E-state index is 0.0594. The summed E-state index contributed by atoms with van der Waals surface area (Å²) in [5.41, 5.74) is 0. The van der Waals surface area contributed by atoms with E-state index in [1.54, 1.807) is 7.11 Å². The summed E-state index contributed by atoms with van der Waals surface area (Å²) in [6.45, 7) is 5.24. The third kappa shape index (κ3) is 3.60. The molecule has 0 aliphatic rings. The number of rotatable bonds is 7. The molecule has 2 aromatic rings. The van der Waals surface area contributed by atoms with E-state index in [1.165, 1.54) is 17.3 Å². The first kappa shape index (κ1) is 14.1. The van der Waals surface area contributed by atoms with Crippen LogP contribution in [0, 0.1) is 0 Å². The summed E-state index contributed by atoms with van der Waals surface area (Å²) in [6.07, 6.45) is 3.02. The Balaban J connectivity index is 2.22. The van der Waals surface area contributed by atoms with Gasteiger partial charge in [-0.1, -0.05) is 0 Å². The third-order valence-electron chi connectivity index (χ3n) is 2.53. The first-order valence-electron chi connectivity index (χ1n) is 6.34. The van der Waals surface area contributed by atoms with Crippen LogP contribution in [-0.4, -0.2) is 56.0 Å². The maximum Gasteiger partial charge on any atom is 0.258 e. The number of nitrogens with zero attached hydrogens (tertiary/aromatic N) is 6. The van der Waals surface area contributed by atoms with Crippen LogP contribution in [0.25, 0.3) is 5.95 Å². The second-order valence-electron chi connectivity index (χ2n) is 4.08. The monoisotopic (exact) mass is 278 g/mol. The fraction of sp³-hybridized carbons (Fsp3) is 0.545. The number of anilines is 2. The van der Waals surface area contributed by atoms with Gasteiger partial charge in [-0.15, -0.1) is 0 Å². The molecule has 0 radical (unpaired) electrons. The van der Waals surface area contributed by atoms with Crippen molar-refractivity contribution in [2.24, 2.45) is 0 Å². The van der Waals surface area contributed by atoms with Crippen molar-refractivity contribution < 1.29 is 4.74 Å². The highest BCUT2D eigenvalue weighted by molar-refractivity contribution is 5.37. The molecule has 0 fully saturated rings. The molecule has 0 bridgehead atoms. The van der Waals surface area contributed by atoms with E-state index in [9.17, 15) is 0 Å². The lowest BCUT2D eigenvalue weighted by molar-refractivity contribution is 0.128. The Morgan fingerprint density at radius 1 is 1.25 bits per heavy atom. The minimum atomic E-state index is 0.0594. The standard InChI is InChI=1S/C11H18N8O/c1-4-13-9-16-10(14-5-8(2)20-3)18-11(17-9)19-7-12-6-15-19/h6-8H,4-5H2,1-3H3,(H2,13,14,16,17,18). The van der Waals surface area contributed by atoms with E-state index in [0.717, 1.165) is 0 Å². The molecule has 0 amide bonds. The summed E-state index contributed by atoms with van der Waals surface area (Å²) < 4.78 is 6.65. The molecular formula is C11H18N8O. The van der Waals surface area contributed by atoms with Crippen LogP contribution in [0.4, 0.5) is 11.9 Å². The summed E-state index contributed by atoms with van der Waals surface area (Å²) in [4.78, 5) is 16.7. The average Bonchev–Trinajstić information content (AvgIpc) is 2.99. The molecule has 0 saturated heterocycles. The van der Waals surface area contributed by atoms with Crippen molar-refractivity contribution in [1.29, 1.82) is 0 Å². The maximum absolute atomic E-state index is 5.18. The summed E-state index contributed by atoms with van der Waals surface area (Å²) in [5.74, 6) is 1.35. The van der Waals surface area contributed by atoms with E-state index in [0.29, 0.717) is 30.9 Å². The lowest BCUT2D eigenvalue weighted by Gasteiger charge is -2.12. The lowest BCUT2D eigenvalue weighted by Crippen LogP contribution is -2.20. The van der Waals surface area contributed by atoms with Gasteiger partial charge in [0.25, 0.3) is 5.95 Å². The summed E-state index contributed by atoms with van der Waals surface area (Å²) >= 11 is 0. The van der Waals surface area contributed by atoms with Crippen molar-refractivity contribution in [2.45, 2.75) is 20.0 Å². The summed E-state index contributed by atoms with van der Waals surface area (Å²) in [7, 11) is 1.66. The zero-order valence-electron chi connectivity index (χ0n) is 11.7. The van der Waals surface area contributed by atoms with Crippen LogP contribution < -0.4 is 10.6 Å². The molecule has 0 saturated carbocycles. The van der Waals surface area contributed by atoms with Crippen LogP contribution in [0.2, 0.25) is 0 Å². The van der Waals surface area contributed by atoms with Gasteiger partial charge in [0.1, 0.15) is 12.7 Å². The van der Waals surface area contributed by atoms with Gasteiger partial charge in [-0.05, 0) is 13.8 Å². The van der Waals surface area contributed by atoms with Gasteiger partial charge in [0.2, 0.25) is 11.9 Å². The highest BCUT2D eigenvalue weighted by Crippen LogP contribution is 2.08. The topological polar surface area (TPSA) is 103 Å². The van der Waals surface area contributed by atoms with Crippen molar-refractivity contribution in [2.75, 3.05) is 30.8 Å². The molecule has 0 aromatic carbocycles. The fourth-order valence-corrected chi connectivity index (χ4v) is 1.41. The van der Waals surface area contributed by atoms with E-state index in [1.807, 2.05) is 13.8 Å². The second kappa shape index (κ2) is 6.75. The lowest BCUT2D eigenvalue weighted by atomic mass is 10.4. The van der Waals surface area contributed by atoms with Crippen LogP contribution in [0.3, 0.4) is 0 Å². The molecule has 2 rings (SSSR count). The van der Waals surface area contributed by atoms with Crippen molar-refractivity contribution in [3.63, 3.8) is 0 Å². The Morgan fingerprint density at radius 3 is 2.60 bits per heavy atom. The largest absolute Gasteiger partial charge is 0.380 e. The van der Waals surface area contributed by atoms with E-state index in [4.69, 9.17) is 4.74 Å². The maximum atomic E-state index is 5.18. The Hall–Kier alpha value is -2.29. The van der Waals surface area contributed by atoms with Crippen LogP contribution >= 0.6 is 0 Å². The average molecular weight is 278 g/mol. The Labute approximate surface area is 116 Å². The van der Waals surface area contributed by atoms with Crippen LogP contribution in [0.15, 0.2) is 12.7 Å². The predicted molar refractivity (Wildman–Crippen MR) is 73.9 cm³/mol. The number of aromatic nitrogens is 6. The molecule has 2 aromatic heterocycles. The van der Waals surface area contributed by atoms with E-state index >= 15 is 0 Å². The van der Waals surface area contributed by atoms with Gasteiger partial charge in [-0.2, -0.15) is 24.7 Å². The van der Waals surface area contributed by atoms with Crippen molar-refractivity contribution in [1.82, 2.24) is 29.7 Å². The fourth-order valence-electron chi connectivity index (χ4n) is 1.41. The summed E-state index contributed by atoms with van der Waals surface area (Å²) in [6, 6.07) is 0. The van der Waals surface area contributed by atoms with Crippen molar-refractivity contribution in [3.8, 4) is 5.95 Å². The van der Waals surface area contributed by atoms with Crippen LogP contribution in [-0.2, 0) is 4.74 Å². The van der Waals surface area contributed by atoms with Gasteiger partial charge in [0.15, 0.2) is 0 Å². The van der Waals surface area contributed by atoms with Crippen molar-refractivity contribution in [3.05, 3.63) is 12.7 Å². The molecular weight excluding hydrogens is 260 g/mol. The van der Waals surface area contributed by atoms with E-state index in [-0.39, 0.29) is 6.10 Å². The van der Waals surface area contributed by atoms with Crippen LogP contribution in [0.1, 0.15) is 13.8 Å². The molecule has 9 nitrogen and oxygen atoms in total. The van der Waals surface area contributed by atoms with E-state index < -0.39 is 0 Å². The summed E-state index contributed by atoms with van der Waals surface area (Å²) in [5, 5.41) is 10.2. The van der Waals surface area contributed by atoms with Gasteiger partial charge < -0.3 is 15.4 Å². The Bertz CT molecular complexity index is 529.